The predicted octanol–water partition coefficient (Wildman–Crippen LogP) is 2.53. The van der Waals surface area contributed by atoms with Gasteiger partial charge in [-0.1, -0.05) is 0 Å². The number of hydrogen-bond donors (Lipinski definition) is 0. The summed E-state index contributed by atoms with van der Waals surface area (Å²) in [5.74, 6) is -4.34. The molecule has 1 rings (SSSR count). The zero-order valence-corrected chi connectivity index (χ0v) is 14.6. The Morgan fingerprint density at radius 3 is 2.10 bits per heavy atom. The summed E-state index contributed by atoms with van der Waals surface area (Å²) in [6.07, 6.45) is 1.39. The number of nitrogens with zero attached hydrogens (tertiary/aromatic N) is 1. The van der Waals surface area contributed by atoms with E-state index >= 15 is 0 Å². The van der Waals surface area contributed by atoms with Crippen LogP contribution >= 0.6 is 31.9 Å². The minimum atomic E-state index is -1.67. The molecule has 0 aliphatic heterocycles. The van der Waals surface area contributed by atoms with Crippen LogP contribution in [0.1, 0.15) is 24.3 Å². The molecule has 1 aromatic rings. The third kappa shape index (κ3) is 4.60. The standard InChI is InChI=1S/C13H13Br2NO5/c1-3-20-12(18)9(13(19)21-4-2)11(17)10-8(15)5-7(14)6-16-10/h5-6,9H,3-4H2,1-2H3. The van der Waals surface area contributed by atoms with Crippen molar-refractivity contribution in [2.45, 2.75) is 13.8 Å². The lowest BCUT2D eigenvalue weighted by Crippen LogP contribution is -2.35. The highest BCUT2D eigenvalue weighted by molar-refractivity contribution is 9.11. The van der Waals surface area contributed by atoms with E-state index in [-0.39, 0.29) is 18.9 Å². The molecule has 0 aliphatic rings. The Hall–Kier alpha value is -1.28. The third-order valence-electron chi connectivity index (χ3n) is 2.35. The topological polar surface area (TPSA) is 82.6 Å². The molecule has 0 saturated carbocycles. The molecule has 0 fully saturated rings. The van der Waals surface area contributed by atoms with Crippen molar-refractivity contribution in [3.05, 3.63) is 26.9 Å². The Morgan fingerprint density at radius 1 is 1.14 bits per heavy atom. The molecule has 114 valence electrons. The molecular formula is C13H13Br2NO5. The lowest BCUT2D eigenvalue weighted by molar-refractivity contribution is -0.158. The average molecular weight is 423 g/mol. The summed E-state index contributed by atoms with van der Waals surface area (Å²) in [6.45, 7) is 3.27. The number of ether oxygens (including phenoxy) is 2. The van der Waals surface area contributed by atoms with Crippen molar-refractivity contribution in [3.8, 4) is 0 Å². The highest BCUT2D eigenvalue weighted by Crippen LogP contribution is 2.23. The molecule has 0 unspecified atom stereocenters. The van der Waals surface area contributed by atoms with Gasteiger partial charge < -0.3 is 9.47 Å². The van der Waals surface area contributed by atoms with Crippen molar-refractivity contribution >= 4 is 49.6 Å². The van der Waals surface area contributed by atoms with Gasteiger partial charge in [0.25, 0.3) is 0 Å². The van der Waals surface area contributed by atoms with E-state index in [1.807, 2.05) is 0 Å². The number of esters is 2. The van der Waals surface area contributed by atoms with Crippen LogP contribution in [0.3, 0.4) is 0 Å². The largest absolute Gasteiger partial charge is 0.465 e. The van der Waals surface area contributed by atoms with Gasteiger partial charge >= 0.3 is 11.9 Å². The number of hydrogen-bond acceptors (Lipinski definition) is 6. The van der Waals surface area contributed by atoms with Crippen molar-refractivity contribution < 1.29 is 23.9 Å². The van der Waals surface area contributed by atoms with E-state index in [9.17, 15) is 14.4 Å². The van der Waals surface area contributed by atoms with Crippen LogP contribution in [0.5, 0.6) is 0 Å². The SMILES string of the molecule is CCOC(=O)C(C(=O)OCC)C(=O)c1ncc(Br)cc1Br. The lowest BCUT2D eigenvalue weighted by Gasteiger charge is -2.13. The normalized spacial score (nSPS) is 10.3. The van der Waals surface area contributed by atoms with Gasteiger partial charge in [0.2, 0.25) is 11.7 Å². The first-order valence-corrected chi connectivity index (χ1v) is 7.69. The van der Waals surface area contributed by atoms with Crippen LogP contribution in [-0.2, 0) is 19.1 Å². The van der Waals surface area contributed by atoms with E-state index in [0.29, 0.717) is 8.95 Å². The van der Waals surface area contributed by atoms with Crippen LogP contribution in [0.4, 0.5) is 0 Å². The van der Waals surface area contributed by atoms with Crippen LogP contribution in [0.15, 0.2) is 21.2 Å². The van der Waals surface area contributed by atoms with Crippen LogP contribution < -0.4 is 0 Å². The fourth-order valence-corrected chi connectivity index (χ4v) is 2.68. The van der Waals surface area contributed by atoms with Gasteiger partial charge in [-0.15, -0.1) is 0 Å². The van der Waals surface area contributed by atoms with E-state index < -0.39 is 23.6 Å². The molecule has 21 heavy (non-hydrogen) atoms. The quantitative estimate of drug-likeness (QED) is 0.398. The summed E-state index contributed by atoms with van der Waals surface area (Å²) in [7, 11) is 0. The van der Waals surface area contributed by atoms with Crippen LogP contribution in [0.2, 0.25) is 0 Å². The Balaban J connectivity index is 3.15. The summed E-state index contributed by atoms with van der Waals surface area (Å²) < 4.78 is 10.5. The summed E-state index contributed by atoms with van der Waals surface area (Å²) in [5.41, 5.74) is -0.0377. The Morgan fingerprint density at radius 2 is 1.67 bits per heavy atom. The van der Waals surface area contributed by atoms with Gasteiger partial charge in [0.15, 0.2) is 0 Å². The monoisotopic (exact) mass is 421 g/mol. The minimum Gasteiger partial charge on any atom is -0.465 e. The van der Waals surface area contributed by atoms with Gasteiger partial charge in [-0.2, -0.15) is 0 Å². The molecular weight excluding hydrogens is 410 g/mol. The Labute approximate surface area is 138 Å². The molecule has 0 aromatic carbocycles. The second-order valence-electron chi connectivity index (χ2n) is 3.79. The lowest BCUT2D eigenvalue weighted by atomic mass is 10.0. The average Bonchev–Trinajstić information content (AvgIpc) is 2.39. The summed E-state index contributed by atoms with van der Waals surface area (Å²) in [6, 6.07) is 1.59. The highest BCUT2D eigenvalue weighted by atomic mass is 79.9. The Kier molecular flexibility index (Phi) is 6.97. The smallest absolute Gasteiger partial charge is 0.328 e. The first-order valence-electron chi connectivity index (χ1n) is 6.10. The van der Waals surface area contributed by atoms with Crippen molar-refractivity contribution in [3.63, 3.8) is 0 Å². The van der Waals surface area contributed by atoms with Gasteiger partial charge in [-0.05, 0) is 51.8 Å². The van der Waals surface area contributed by atoms with Crippen LogP contribution in [0, 0.1) is 5.92 Å². The molecule has 0 amide bonds. The molecule has 0 aliphatic carbocycles. The molecule has 1 aromatic heterocycles. The van der Waals surface area contributed by atoms with Gasteiger partial charge in [0.05, 0.1) is 13.2 Å². The molecule has 1 heterocycles. The molecule has 0 spiro atoms. The fraction of sp³-hybridized carbons (Fsp3) is 0.385. The zero-order valence-electron chi connectivity index (χ0n) is 11.4. The molecule has 6 nitrogen and oxygen atoms in total. The molecule has 0 saturated heterocycles. The fourth-order valence-electron chi connectivity index (χ4n) is 1.49. The Bertz CT molecular complexity index is 543. The van der Waals surface area contributed by atoms with Gasteiger partial charge in [0, 0.05) is 15.1 Å². The summed E-state index contributed by atoms with van der Waals surface area (Å²) in [5, 5.41) is 0. The van der Waals surface area contributed by atoms with Crippen LogP contribution in [0.25, 0.3) is 0 Å². The van der Waals surface area contributed by atoms with E-state index in [4.69, 9.17) is 9.47 Å². The maximum absolute atomic E-state index is 12.4. The van der Waals surface area contributed by atoms with Gasteiger partial charge in [0.1, 0.15) is 5.69 Å². The summed E-state index contributed by atoms with van der Waals surface area (Å²) >= 11 is 6.38. The number of aromatic nitrogens is 1. The number of Topliss-reactive ketones (excluding diaryl/α,β-unsaturated/α-hetero) is 1. The van der Waals surface area contributed by atoms with Crippen molar-refractivity contribution in [2.24, 2.45) is 5.92 Å². The number of carbonyl (C=O) groups is 3. The number of ketones is 1. The second-order valence-corrected chi connectivity index (χ2v) is 5.56. The maximum Gasteiger partial charge on any atom is 0.328 e. The number of carbonyl (C=O) groups excluding carboxylic acids is 3. The van der Waals surface area contributed by atoms with E-state index in [0.717, 1.165) is 0 Å². The molecule has 0 N–H and O–H groups in total. The predicted molar refractivity (Wildman–Crippen MR) is 80.7 cm³/mol. The molecule has 8 heteroatoms. The van der Waals surface area contributed by atoms with Gasteiger partial charge in [-0.25, -0.2) is 0 Å². The van der Waals surface area contributed by atoms with Crippen molar-refractivity contribution in [1.29, 1.82) is 0 Å². The van der Waals surface area contributed by atoms with E-state index in [2.05, 4.69) is 36.8 Å². The van der Waals surface area contributed by atoms with Crippen molar-refractivity contribution in [2.75, 3.05) is 13.2 Å². The zero-order chi connectivity index (χ0) is 16.0. The number of rotatable bonds is 6. The molecule has 0 atom stereocenters. The van der Waals surface area contributed by atoms with Crippen molar-refractivity contribution in [1.82, 2.24) is 4.98 Å². The van der Waals surface area contributed by atoms with Crippen LogP contribution in [-0.4, -0.2) is 35.9 Å². The number of pyridine rings is 1. The highest BCUT2D eigenvalue weighted by Gasteiger charge is 2.39. The number of halogens is 2. The first-order chi connectivity index (χ1) is 9.92. The van der Waals surface area contributed by atoms with Gasteiger partial charge in [-0.3, -0.25) is 19.4 Å². The first kappa shape index (κ1) is 17.8. The third-order valence-corrected chi connectivity index (χ3v) is 3.39. The van der Waals surface area contributed by atoms with E-state index in [1.165, 1.54) is 6.20 Å². The van der Waals surface area contributed by atoms with E-state index in [1.54, 1.807) is 19.9 Å². The minimum absolute atomic E-state index is 0.0377. The summed E-state index contributed by atoms with van der Waals surface area (Å²) in [4.78, 5) is 40.0. The second kappa shape index (κ2) is 8.23. The molecule has 0 radical (unpaired) electrons. The maximum atomic E-state index is 12.4. The molecule has 0 bridgehead atoms.